The highest BCUT2D eigenvalue weighted by Gasteiger charge is 2.37. The van der Waals surface area contributed by atoms with Gasteiger partial charge in [0.2, 0.25) is 5.89 Å². The quantitative estimate of drug-likeness (QED) is 0.158. The first-order chi connectivity index (χ1) is 19.3. The summed E-state index contributed by atoms with van der Waals surface area (Å²) in [6.07, 6.45) is -6.75. The van der Waals surface area contributed by atoms with Gasteiger partial charge >= 0.3 is 18.1 Å². The van der Waals surface area contributed by atoms with Gasteiger partial charge in [0.15, 0.2) is 28.3 Å². The second kappa shape index (κ2) is 13.1. The van der Waals surface area contributed by atoms with Gasteiger partial charge in [0.05, 0.1) is 18.8 Å². The molecule has 0 aliphatic rings. The van der Waals surface area contributed by atoms with Crippen molar-refractivity contribution < 1.29 is 55.0 Å². The fraction of sp³-hybridized carbons (Fsp3) is 0.308. The standard InChI is InChI=1S/C26H22BrF5N2O7/c1-3-38-24(36)14(25(37)39-4-2)11-17(40-16-10-9-15(28)18(19(16)29)22(33)35)23-34-20(21(27)41-23)12-5-7-13(8-6-12)26(30,31)32/h5-10,14,17H,3-4,11H2,1-2H3,(H2,33,35). The van der Waals surface area contributed by atoms with E-state index in [1.54, 1.807) is 0 Å². The molecule has 0 aliphatic carbocycles. The van der Waals surface area contributed by atoms with Gasteiger partial charge in [-0.2, -0.15) is 13.2 Å². The maximum Gasteiger partial charge on any atom is 0.416 e. The molecule has 0 fully saturated rings. The molecule has 2 N–H and O–H groups in total. The topological polar surface area (TPSA) is 131 Å². The maximum atomic E-state index is 15.0. The monoisotopic (exact) mass is 648 g/mol. The van der Waals surface area contributed by atoms with Crippen LogP contribution in [-0.4, -0.2) is 36.0 Å². The number of alkyl halides is 3. The number of ether oxygens (including phenoxy) is 3. The van der Waals surface area contributed by atoms with E-state index in [4.69, 9.17) is 24.4 Å². The van der Waals surface area contributed by atoms with Crippen molar-refractivity contribution in [3.8, 4) is 17.0 Å². The number of carbonyl (C=O) groups excluding carboxylic acids is 3. The molecule has 1 aromatic heterocycles. The van der Waals surface area contributed by atoms with Crippen LogP contribution >= 0.6 is 15.9 Å². The molecule has 0 bridgehead atoms. The Balaban J connectivity index is 2.09. The van der Waals surface area contributed by atoms with Crippen LogP contribution in [0.5, 0.6) is 5.75 Å². The fourth-order valence-corrected chi connectivity index (χ4v) is 4.12. The highest BCUT2D eigenvalue weighted by Crippen LogP contribution is 2.37. The molecule has 9 nitrogen and oxygen atoms in total. The summed E-state index contributed by atoms with van der Waals surface area (Å²) in [6.45, 7) is 2.79. The van der Waals surface area contributed by atoms with Gasteiger partial charge in [0.1, 0.15) is 17.1 Å². The summed E-state index contributed by atoms with van der Waals surface area (Å²) >= 11 is 3.12. The summed E-state index contributed by atoms with van der Waals surface area (Å²) in [7, 11) is 0. The third-order valence-electron chi connectivity index (χ3n) is 5.53. The van der Waals surface area contributed by atoms with Crippen LogP contribution in [0.25, 0.3) is 11.3 Å². The molecular formula is C26H22BrF5N2O7. The smallest absolute Gasteiger partial charge is 0.416 e. The van der Waals surface area contributed by atoms with Gasteiger partial charge in [-0.3, -0.25) is 14.4 Å². The second-order valence-corrected chi connectivity index (χ2v) is 8.97. The number of hydrogen-bond donors (Lipinski definition) is 1. The molecule has 1 heterocycles. The average Bonchev–Trinajstić information content (AvgIpc) is 3.28. The van der Waals surface area contributed by atoms with E-state index in [1.807, 2.05) is 0 Å². The van der Waals surface area contributed by atoms with E-state index in [0.717, 1.165) is 30.3 Å². The molecule has 0 saturated carbocycles. The van der Waals surface area contributed by atoms with Crippen LogP contribution in [0.2, 0.25) is 0 Å². The molecule has 220 valence electrons. The van der Waals surface area contributed by atoms with E-state index < -0.39 is 71.0 Å². The van der Waals surface area contributed by atoms with Crippen molar-refractivity contribution in [2.24, 2.45) is 11.7 Å². The van der Waals surface area contributed by atoms with E-state index in [0.29, 0.717) is 6.07 Å². The van der Waals surface area contributed by atoms with Crippen molar-refractivity contribution >= 4 is 33.8 Å². The summed E-state index contributed by atoms with van der Waals surface area (Å²) in [4.78, 5) is 41.1. The van der Waals surface area contributed by atoms with Gasteiger partial charge < -0.3 is 24.4 Å². The van der Waals surface area contributed by atoms with Gasteiger partial charge in [-0.25, -0.2) is 13.8 Å². The number of halogens is 6. The van der Waals surface area contributed by atoms with E-state index in [-0.39, 0.29) is 35.0 Å². The van der Waals surface area contributed by atoms with E-state index in [9.17, 15) is 31.9 Å². The number of nitrogens with zero attached hydrogens (tertiary/aromatic N) is 1. The van der Waals surface area contributed by atoms with Crippen LogP contribution in [0, 0.1) is 17.6 Å². The summed E-state index contributed by atoms with van der Waals surface area (Å²) in [5.41, 5.74) is 3.24. The minimum Gasteiger partial charge on any atom is -0.478 e. The van der Waals surface area contributed by atoms with Gasteiger partial charge in [-0.1, -0.05) is 12.1 Å². The fourth-order valence-electron chi connectivity index (χ4n) is 3.64. The molecule has 3 aromatic rings. The number of primary amides is 1. The molecule has 3 rings (SSSR count). The Hall–Kier alpha value is -4.01. The number of benzene rings is 2. The maximum absolute atomic E-state index is 15.0. The number of rotatable bonds is 11. The molecule has 0 saturated heterocycles. The van der Waals surface area contributed by atoms with Gasteiger partial charge in [-0.15, -0.1) is 0 Å². The zero-order valence-electron chi connectivity index (χ0n) is 21.4. The highest BCUT2D eigenvalue weighted by atomic mass is 79.9. The number of esters is 2. The number of aromatic nitrogens is 1. The van der Waals surface area contributed by atoms with Crippen LogP contribution in [0.1, 0.15) is 48.2 Å². The Labute approximate surface area is 237 Å². The first kappa shape index (κ1) is 31.5. The molecule has 2 aromatic carbocycles. The largest absolute Gasteiger partial charge is 0.478 e. The predicted molar refractivity (Wildman–Crippen MR) is 134 cm³/mol. The Kier molecular flexibility index (Phi) is 10.1. The summed E-state index contributed by atoms with van der Waals surface area (Å²) < 4.78 is 89.1. The summed E-state index contributed by atoms with van der Waals surface area (Å²) in [6, 6.07) is 5.45. The molecule has 0 aliphatic heterocycles. The lowest BCUT2D eigenvalue weighted by atomic mass is 10.0. The highest BCUT2D eigenvalue weighted by molar-refractivity contribution is 9.10. The van der Waals surface area contributed by atoms with Gasteiger partial charge in [0.25, 0.3) is 5.91 Å². The van der Waals surface area contributed by atoms with Crippen LogP contribution in [0.4, 0.5) is 22.0 Å². The molecule has 41 heavy (non-hydrogen) atoms. The number of oxazole rings is 1. The van der Waals surface area contributed by atoms with E-state index in [2.05, 4.69) is 20.9 Å². The van der Waals surface area contributed by atoms with Crippen LogP contribution < -0.4 is 10.5 Å². The van der Waals surface area contributed by atoms with Crippen LogP contribution in [-0.2, 0) is 25.2 Å². The predicted octanol–water partition coefficient (Wildman–Crippen LogP) is 5.75. The minimum atomic E-state index is -4.58. The van der Waals surface area contributed by atoms with E-state index in [1.165, 1.54) is 13.8 Å². The number of nitrogens with two attached hydrogens (primary N) is 1. The Morgan fingerprint density at radius 1 is 1.00 bits per heavy atom. The van der Waals surface area contributed by atoms with Gasteiger partial charge in [0, 0.05) is 12.0 Å². The van der Waals surface area contributed by atoms with E-state index >= 15 is 4.39 Å². The van der Waals surface area contributed by atoms with Crippen molar-refractivity contribution in [2.45, 2.75) is 32.5 Å². The normalized spacial score (nSPS) is 12.2. The van der Waals surface area contributed by atoms with Gasteiger partial charge in [-0.05, 0) is 54.0 Å². The lowest BCUT2D eigenvalue weighted by Crippen LogP contribution is -2.31. The zero-order chi connectivity index (χ0) is 30.5. The van der Waals surface area contributed by atoms with Crippen molar-refractivity contribution in [1.29, 1.82) is 0 Å². The van der Waals surface area contributed by atoms with Crippen molar-refractivity contribution in [3.63, 3.8) is 0 Å². The molecule has 0 radical (unpaired) electrons. The minimum absolute atomic E-state index is 0.00328. The first-order valence-corrected chi connectivity index (χ1v) is 12.7. The number of amides is 1. The summed E-state index contributed by atoms with van der Waals surface area (Å²) in [5.74, 6) is -8.88. The molecule has 1 atom stereocenters. The van der Waals surface area contributed by atoms with Crippen molar-refractivity contribution in [3.05, 3.63) is 69.7 Å². The van der Waals surface area contributed by atoms with Crippen molar-refractivity contribution in [2.75, 3.05) is 13.2 Å². The Morgan fingerprint density at radius 3 is 2.10 bits per heavy atom. The SMILES string of the molecule is CCOC(=O)C(CC(Oc1ccc(F)c(C(N)=O)c1F)c1nc(-c2ccc(C(F)(F)F)cc2)c(Br)o1)C(=O)OCC. The third kappa shape index (κ3) is 7.39. The van der Waals surface area contributed by atoms with Crippen LogP contribution in [0.3, 0.4) is 0 Å². The number of carbonyl (C=O) groups is 3. The summed E-state index contributed by atoms with van der Waals surface area (Å²) in [5, 5.41) is 0. The van der Waals surface area contributed by atoms with Crippen molar-refractivity contribution in [1.82, 2.24) is 4.98 Å². The molecule has 15 heteroatoms. The molecule has 1 amide bonds. The zero-order valence-corrected chi connectivity index (χ0v) is 23.0. The molecule has 1 unspecified atom stereocenters. The lowest BCUT2D eigenvalue weighted by molar-refractivity contribution is -0.163. The Morgan fingerprint density at radius 2 is 1.59 bits per heavy atom. The second-order valence-electron chi connectivity index (χ2n) is 8.25. The third-order valence-corrected chi connectivity index (χ3v) is 6.06. The first-order valence-electron chi connectivity index (χ1n) is 11.9. The van der Waals surface area contributed by atoms with Crippen LogP contribution in [0.15, 0.2) is 45.5 Å². The molecular weight excluding hydrogens is 627 g/mol. The molecule has 0 spiro atoms. The lowest BCUT2D eigenvalue weighted by Gasteiger charge is -2.21. The average molecular weight is 649 g/mol. The Bertz CT molecular complexity index is 1410. The number of hydrogen-bond acceptors (Lipinski definition) is 8.